The predicted octanol–water partition coefficient (Wildman–Crippen LogP) is 2.44. The minimum Gasteiger partial charge on any atom is -0.378 e. The molecular formula is C18H28F3N5. The van der Waals surface area contributed by atoms with E-state index in [9.17, 15) is 13.2 Å². The summed E-state index contributed by atoms with van der Waals surface area (Å²) >= 11 is 0. The lowest BCUT2D eigenvalue weighted by Crippen LogP contribution is -2.45. The fraction of sp³-hybridized carbons (Fsp3) is 0.611. The zero-order valence-corrected chi connectivity index (χ0v) is 15.6. The van der Waals surface area contributed by atoms with E-state index >= 15 is 0 Å². The third-order valence-electron chi connectivity index (χ3n) is 4.23. The van der Waals surface area contributed by atoms with Crippen LogP contribution in [0.1, 0.15) is 18.9 Å². The van der Waals surface area contributed by atoms with Gasteiger partial charge in [-0.3, -0.25) is 4.90 Å². The average molecular weight is 371 g/mol. The number of hydrogen-bond donors (Lipinski definition) is 2. The number of benzene rings is 1. The maximum Gasteiger partial charge on any atom is 0.401 e. The number of nitrogens with zero attached hydrogens (tertiary/aromatic N) is 3. The fourth-order valence-electron chi connectivity index (χ4n) is 2.93. The molecule has 0 amide bonds. The van der Waals surface area contributed by atoms with Crippen molar-refractivity contribution >= 4 is 11.6 Å². The minimum absolute atomic E-state index is 0.0220. The van der Waals surface area contributed by atoms with Gasteiger partial charge < -0.3 is 15.5 Å². The molecule has 1 atom stereocenters. The van der Waals surface area contributed by atoms with Crippen LogP contribution in [0.5, 0.6) is 0 Å². The van der Waals surface area contributed by atoms with Gasteiger partial charge in [-0.2, -0.15) is 13.2 Å². The first-order valence-corrected chi connectivity index (χ1v) is 8.87. The monoisotopic (exact) mass is 371 g/mol. The van der Waals surface area contributed by atoms with E-state index in [0.717, 1.165) is 11.3 Å². The summed E-state index contributed by atoms with van der Waals surface area (Å²) in [6.07, 6.45) is -3.47. The molecule has 1 fully saturated rings. The molecule has 1 unspecified atom stereocenters. The van der Waals surface area contributed by atoms with Crippen molar-refractivity contribution in [2.24, 2.45) is 4.99 Å². The maximum absolute atomic E-state index is 12.5. The summed E-state index contributed by atoms with van der Waals surface area (Å²) < 4.78 is 37.5. The summed E-state index contributed by atoms with van der Waals surface area (Å²) in [4.78, 5) is 8.03. The van der Waals surface area contributed by atoms with Gasteiger partial charge in [0.05, 0.1) is 13.1 Å². The number of halogens is 3. The highest BCUT2D eigenvalue weighted by molar-refractivity contribution is 5.80. The van der Waals surface area contributed by atoms with E-state index < -0.39 is 12.7 Å². The SMILES string of the molecule is CCNC(=NCc1ccc(N(C)C)cc1)NC1CCN(CC(F)(F)F)C1. The Morgan fingerprint density at radius 2 is 1.96 bits per heavy atom. The predicted molar refractivity (Wildman–Crippen MR) is 99.6 cm³/mol. The van der Waals surface area contributed by atoms with Gasteiger partial charge >= 0.3 is 6.18 Å². The Kier molecular flexibility index (Phi) is 7.14. The van der Waals surface area contributed by atoms with Crippen molar-refractivity contribution in [2.75, 3.05) is 45.2 Å². The van der Waals surface area contributed by atoms with Crippen LogP contribution in [0.15, 0.2) is 29.3 Å². The molecule has 8 heteroatoms. The van der Waals surface area contributed by atoms with Gasteiger partial charge in [-0.05, 0) is 31.0 Å². The van der Waals surface area contributed by atoms with Crippen LogP contribution in [0.2, 0.25) is 0 Å². The standard InChI is InChI=1S/C18H28F3N5/c1-4-22-17(23-11-14-5-7-16(8-6-14)25(2)3)24-15-9-10-26(12-15)13-18(19,20)21/h5-8,15H,4,9-13H2,1-3H3,(H2,22,23,24). The molecule has 1 saturated heterocycles. The third-order valence-corrected chi connectivity index (χ3v) is 4.23. The van der Waals surface area contributed by atoms with Crippen LogP contribution >= 0.6 is 0 Å². The quantitative estimate of drug-likeness (QED) is 0.596. The van der Waals surface area contributed by atoms with Gasteiger partial charge in [0.2, 0.25) is 0 Å². The van der Waals surface area contributed by atoms with Gasteiger partial charge in [-0.1, -0.05) is 12.1 Å². The van der Waals surface area contributed by atoms with E-state index in [2.05, 4.69) is 15.6 Å². The van der Waals surface area contributed by atoms with Crippen LogP contribution in [-0.4, -0.2) is 63.4 Å². The van der Waals surface area contributed by atoms with Crippen LogP contribution < -0.4 is 15.5 Å². The molecule has 0 radical (unpaired) electrons. The Morgan fingerprint density at radius 3 is 2.54 bits per heavy atom. The smallest absolute Gasteiger partial charge is 0.378 e. The molecule has 1 heterocycles. The normalized spacial score (nSPS) is 18.8. The number of hydrogen-bond acceptors (Lipinski definition) is 3. The molecule has 0 spiro atoms. The van der Waals surface area contributed by atoms with Gasteiger partial charge in [-0.15, -0.1) is 0 Å². The molecule has 26 heavy (non-hydrogen) atoms. The first kappa shape index (κ1) is 20.4. The largest absolute Gasteiger partial charge is 0.401 e. The van der Waals surface area contributed by atoms with E-state index in [1.54, 1.807) is 0 Å². The minimum atomic E-state index is -4.15. The van der Waals surface area contributed by atoms with Gasteiger partial charge in [0.1, 0.15) is 0 Å². The number of nitrogens with one attached hydrogen (secondary N) is 2. The van der Waals surface area contributed by atoms with Crippen molar-refractivity contribution in [2.45, 2.75) is 32.1 Å². The van der Waals surface area contributed by atoms with Crippen molar-refractivity contribution in [3.05, 3.63) is 29.8 Å². The Morgan fingerprint density at radius 1 is 1.27 bits per heavy atom. The summed E-state index contributed by atoms with van der Waals surface area (Å²) in [5.41, 5.74) is 2.20. The first-order chi connectivity index (χ1) is 12.3. The van der Waals surface area contributed by atoms with Crippen LogP contribution in [0.25, 0.3) is 0 Å². The molecule has 2 N–H and O–H groups in total. The number of rotatable bonds is 6. The summed E-state index contributed by atoms with van der Waals surface area (Å²) in [6, 6.07) is 8.12. The summed E-state index contributed by atoms with van der Waals surface area (Å²) in [5, 5.41) is 6.42. The second kappa shape index (κ2) is 9.12. The molecule has 0 bridgehead atoms. The van der Waals surface area contributed by atoms with Crippen molar-refractivity contribution in [3.8, 4) is 0 Å². The van der Waals surface area contributed by atoms with Crippen LogP contribution in [-0.2, 0) is 6.54 Å². The van der Waals surface area contributed by atoms with E-state index in [1.807, 2.05) is 50.2 Å². The molecule has 0 saturated carbocycles. The highest BCUT2D eigenvalue weighted by Gasteiger charge is 2.34. The number of alkyl halides is 3. The van der Waals surface area contributed by atoms with Crippen LogP contribution in [0, 0.1) is 0 Å². The Bertz CT molecular complexity index is 583. The zero-order valence-electron chi connectivity index (χ0n) is 15.6. The first-order valence-electron chi connectivity index (χ1n) is 8.87. The highest BCUT2D eigenvalue weighted by Crippen LogP contribution is 2.20. The maximum atomic E-state index is 12.5. The molecule has 0 aromatic heterocycles. The summed E-state index contributed by atoms with van der Waals surface area (Å²) in [7, 11) is 3.98. The lowest BCUT2D eigenvalue weighted by Gasteiger charge is -2.19. The number of anilines is 1. The number of likely N-dealkylation sites (tertiary alicyclic amines) is 1. The summed E-state index contributed by atoms with van der Waals surface area (Å²) in [5.74, 6) is 0.642. The Balaban J connectivity index is 1.90. The van der Waals surface area contributed by atoms with E-state index in [-0.39, 0.29) is 6.04 Å². The van der Waals surface area contributed by atoms with Crippen molar-refractivity contribution in [1.82, 2.24) is 15.5 Å². The zero-order chi connectivity index (χ0) is 19.2. The van der Waals surface area contributed by atoms with E-state index in [1.165, 1.54) is 4.90 Å². The third kappa shape index (κ3) is 6.74. The molecule has 146 valence electrons. The van der Waals surface area contributed by atoms with Crippen molar-refractivity contribution in [1.29, 1.82) is 0 Å². The summed E-state index contributed by atoms with van der Waals surface area (Å²) in [6.45, 7) is 3.15. The van der Waals surface area contributed by atoms with Crippen LogP contribution in [0.3, 0.4) is 0 Å². The molecule has 5 nitrogen and oxygen atoms in total. The fourth-order valence-corrected chi connectivity index (χ4v) is 2.93. The highest BCUT2D eigenvalue weighted by atomic mass is 19.4. The molecule has 1 aromatic rings. The molecule has 1 aliphatic heterocycles. The lowest BCUT2D eigenvalue weighted by molar-refractivity contribution is -0.143. The molecule has 1 aliphatic rings. The Labute approximate surface area is 153 Å². The topological polar surface area (TPSA) is 42.9 Å². The average Bonchev–Trinajstić information content (AvgIpc) is 2.98. The van der Waals surface area contributed by atoms with Crippen LogP contribution in [0.4, 0.5) is 18.9 Å². The molecule has 0 aliphatic carbocycles. The second-order valence-corrected chi connectivity index (χ2v) is 6.74. The molecule has 1 aromatic carbocycles. The number of aliphatic imine (C=N–C) groups is 1. The van der Waals surface area contributed by atoms with E-state index in [0.29, 0.717) is 38.6 Å². The Hall–Kier alpha value is -1.96. The molecule has 2 rings (SSSR count). The number of guanidine groups is 1. The second-order valence-electron chi connectivity index (χ2n) is 6.74. The van der Waals surface area contributed by atoms with Gasteiger partial charge in [0.15, 0.2) is 5.96 Å². The van der Waals surface area contributed by atoms with Gasteiger partial charge in [0.25, 0.3) is 0 Å². The lowest BCUT2D eigenvalue weighted by atomic mass is 10.2. The van der Waals surface area contributed by atoms with E-state index in [4.69, 9.17) is 0 Å². The molecular weight excluding hydrogens is 343 g/mol. The van der Waals surface area contributed by atoms with Gasteiger partial charge in [0, 0.05) is 45.5 Å². The van der Waals surface area contributed by atoms with Crippen molar-refractivity contribution < 1.29 is 13.2 Å². The van der Waals surface area contributed by atoms with Crippen molar-refractivity contribution in [3.63, 3.8) is 0 Å². The van der Waals surface area contributed by atoms with Gasteiger partial charge in [-0.25, -0.2) is 4.99 Å².